The fourth-order valence-electron chi connectivity index (χ4n) is 2.26. The summed E-state index contributed by atoms with van der Waals surface area (Å²) in [7, 11) is 0. The molecule has 0 aliphatic rings. The monoisotopic (exact) mass is 387 g/mol. The first kappa shape index (κ1) is 14.9. The number of halogens is 3. The molecule has 0 saturated heterocycles. The van der Waals surface area contributed by atoms with Crippen LogP contribution in [0.4, 0.5) is 4.39 Å². The van der Waals surface area contributed by atoms with E-state index in [-0.39, 0.29) is 11.2 Å². The molecular weight excluding hydrogens is 377 g/mol. The average molecular weight is 389 g/mol. The molecule has 1 aromatic carbocycles. The summed E-state index contributed by atoms with van der Waals surface area (Å²) in [5.74, 6) is 0.432. The van der Waals surface area contributed by atoms with E-state index in [0.29, 0.717) is 16.5 Å². The first-order valence-corrected chi connectivity index (χ1v) is 8.55. The van der Waals surface area contributed by atoms with Gasteiger partial charge < -0.3 is 4.57 Å². The molecule has 21 heavy (non-hydrogen) atoms. The molecule has 2 aromatic heterocycles. The van der Waals surface area contributed by atoms with Gasteiger partial charge in [-0.3, -0.25) is 0 Å². The molecular formula is C14H12BrClFN3S. The Labute approximate surface area is 138 Å². The summed E-state index contributed by atoms with van der Waals surface area (Å²) in [4.78, 5) is 8.75. The van der Waals surface area contributed by atoms with Gasteiger partial charge >= 0.3 is 0 Å². The van der Waals surface area contributed by atoms with Gasteiger partial charge in [0.25, 0.3) is 0 Å². The molecule has 3 aromatic rings. The van der Waals surface area contributed by atoms with Crippen molar-refractivity contribution in [1.29, 1.82) is 0 Å². The third-order valence-electron chi connectivity index (χ3n) is 3.21. The van der Waals surface area contributed by atoms with E-state index in [1.165, 1.54) is 6.07 Å². The van der Waals surface area contributed by atoms with Crippen LogP contribution in [0.3, 0.4) is 0 Å². The predicted molar refractivity (Wildman–Crippen MR) is 87.5 cm³/mol. The van der Waals surface area contributed by atoms with Gasteiger partial charge in [0.05, 0.1) is 25.9 Å². The Balaban J connectivity index is 2.04. The molecule has 0 bridgehead atoms. The average Bonchev–Trinajstić information content (AvgIpc) is 3.05. The van der Waals surface area contributed by atoms with Gasteiger partial charge in [0.2, 0.25) is 0 Å². The molecule has 2 heterocycles. The van der Waals surface area contributed by atoms with Gasteiger partial charge in [-0.25, -0.2) is 14.4 Å². The van der Waals surface area contributed by atoms with Gasteiger partial charge in [0, 0.05) is 30.6 Å². The molecule has 0 amide bonds. The number of hydrogen-bond donors (Lipinski definition) is 0. The van der Waals surface area contributed by atoms with E-state index in [1.807, 2.05) is 16.9 Å². The second kappa shape index (κ2) is 6.02. The minimum Gasteiger partial charge on any atom is -0.326 e. The molecule has 1 atom stereocenters. The van der Waals surface area contributed by atoms with Crippen LogP contribution in [0.2, 0.25) is 0 Å². The van der Waals surface area contributed by atoms with Crippen molar-refractivity contribution in [2.45, 2.75) is 25.3 Å². The second-order valence-corrected chi connectivity index (χ2v) is 7.16. The fraction of sp³-hybridized carbons (Fsp3) is 0.286. The minimum absolute atomic E-state index is 0.240. The summed E-state index contributed by atoms with van der Waals surface area (Å²) in [5, 5.41) is 2.78. The summed E-state index contributed by atoms with van der Waals surface area (Å²) in [6.45, 7) is 2.59. The standard InChI is InChI=1S/C14H12BrClFN3S/c1-8(16)14-19-11-7-10(17)9(15)6-12(11)20(14)4-2-13-18-3-5-21-13/h3,5-8H,2,4H2,1H3. The maximum absolute atomic E-state index is 13.7. The normalized spacial score (nSPS) is 13.0. The van der Waals surface area contributed by atoms with Crippen LogP contribution in [0.25, 0.3) is 11.0 Å². The van der Waals surface area contributed by atoms with Gasteiger partial charge in [-0.1, -0.05) is 0 Å². The molecule has 0 N–H and O–H groups in total. The number of aryl methyl sites for hydroxylation is 2. The van der Waals surface area contributed by atoms with Gasteiger partial charge in [-0.05, 0) is 28.9 Å². The summed E-state index contributed by atoms with van der Waals surface area (Å²) in [6.07, 6.45) is 2.60. The summed E-state index contributed by atoms with van der Waals surface area (Å²) >= 11 is 11.1. The highest BCUT2D eigenvalue weighted by Crippen LogP contribution is 2.28. The Hall–Kier alpha value is -0.980. The molecule has 0 saturated carbocycles. The van der Waals surface area contributed by atoms with Crippen LogP contribution >= 0.6 is 38.9 Å². The Morgan fingerprint density at radius 2 is 2.29 bits per heavy atom. The SMILES string of the molecule is CC(Cl)c1nc2cc(F)c(Br)cc2n1CCc1nccs1. The van der Waals surface area contributed by atoms with Crippen molar-refractivity contribution in [2.24, 2.45) is 0 Å². The maximum atomic E-state index is 13.7. The van der Waals surface area contributed by atoms with Crippen molar-refractivity contribution in [3.63, 3.8) is 0 Å². The zero-order valence-electron chi connectivity index (χ0n) is 11.2. The van der Waals surface area contributed by atoms with Gasteiger partial charge in [0.15, 0.2) is 0 Å². The van der Waals surface area contributed by atoms with E-state index in [0.717, 1.165) is 22.8 Å². The zero-order chi connectivity index (χ0) is 15.0. The highest BCUT2D eigenvalue weighted by atomic mass is 79.9. The molecule has 3 rings (SSSR count). The molecule has 1 unspecified atom stereocenters. The van der Waals surface area contributed by atoms with Crippen LogP contribution in [-0.2, 0) is 13.0 Å². The lowest BCUT2D eigenvalue weighted by atomic mass is 10.3. The van der Waals surface area contributed by atoms with Crippen molar-refractivity contribution in [3.05, 3.63) is 44.8 Å². The van der Waals surface area contributed by atoms with E-state index >= 15 is 0 Å². The van der Waals surface area contributed by atoms with Crippen molar-refractivity contribution in [2.75, 3.05) is 0 Å². The van der Waals surface area contributed by atoms with Crippen molar-refractivity contribution in [3.8, 4) is 0 Å². The van der Waals surface area contributed by atoms with Crippen LogP contribution in [0, 0.1) is 5.82 Å². The van der Waals surface area contributed by atoms with Crippen LogP contribution < -0.4 is 0 Å². The molecule has 0 radical (unpaired) electrons. The zero-order valence-corrected chi connectivity index (χ0v) is 14.3. The molecule has 0 aliphatic heterocycles. The molecule has 0 aliphatic carbocycles. The molecule has 7 heteroatoms. The number of imidazole rings is 1. The Bertz CT molecular complexity index is 770. The van der Waals surface area contributed by atoms with Gasteiger partial charge in [-0.2, -0.15) is 0 Å². The predicted octanol–water partition coefficient (Wildman–Crippen LogP) is 4.94. The lowest BCUT2D eigenvalue weighted by Crippen LogP contribution is -2.06. The van der Waals surface area contributed by atoms with Crippen molar-refractivity contribution in [1.82, 2.24) is 14.5 Å². The van der Waals surface area contributed by atoms with E-state index in [9.17, 15) is 4.39 Å². The topological polar surface area (TPSA) is 30.7 Å². The molecule has 3 nitrogen and oxygen atoms in total. The number of nitrogens with zero attached hydrogens (tertiary/aromatic N) is 3. The quantitative estimate of drug-likeness (QED) is 0.593. The van der Waals surface area contributed by atoms with Crippen LogP contribution in [-0.4, -0.2) is 14.5 Å². The number of fused-ring (bicyclic) bond motifs is 1. The number of rotatable bonds is 4. The number of alkyl halides is 1. The molecule has 0 spiro atoms. The van der Waals surface area contributed by atoms with Crippen molar-refractivity contribution < 1.29 is 4.39 Å². The van der Waals surface area contributed by atoms with E-state index in [1.54, 1.807) is 23.6 Å². The van der Waals surface area contributed by atoms with Gasteiger partial charge in [-0.15, -0.1) is 22.9 Å². The fourth-order valence-corrected chi connectivity index (χ4v) is 3.37. The highest BCUT2D eigenvalue weighted by molar-refractivity contribution is 9.10. The second-order valence-electron chi connectivity index (χ2n) is 4.67. The maximum Gasteiger partial charge on any atom is 0.139 e. The Morgan fingerprint density at radius 1 is 1.48 bits per heavy atom. The largest absolute Gasteiger partial charge is 0.326 e. The lowest BCUT2D eigenvalue weighted by Gasteiger charge is -2.09. The molecule has 0 fully saturated rings. The first-order chi connectivity index (χ1) is 10.1. The third-order valence-corrected chi connectivity index (χ3v) is 4.85. The van der Waals surface area contributed by atoms with Crippen LogP contribution in [0.1, 0.15) is 23.1 Å². The first-order valence-electron chi connectivity index (χ1n) is 6.44. The summed E-state index contributed by atoms with van der Waals surface area (Å²) in [5.41, 5.74) is 1.50. The number of aromatic nitrogens is 3. The lowest BCUT2D eigenvalue weighted by molar-refractivity contribution is 0.622. The highest BCUT2D eigenvalue weighted by Gasteiger charge is 2.17. The summed E-state index contributed by atoms with van der Waals surface area (Å²) < 4.78 is 16.1. The minimum atomic E-state index is -0.319. The number of benzene rings is 1. The Kier molecular flexibility index (Phi) is 4.28. The van der Waals surface area contributed by atoms with E-state index in [4.69, 9.17) is 11.6 Å². The molecule has 110 valence electrons. The number of thiazole rings is 1. The summed E-state index contributed by atoms with van der Waals surface area (Å²) in [6, 6.07) is 3.18. The van der Waals surface area contributed by atoms with Gasteiger partial charge in [0.1, 0.15) is 11.6 Å². The number of hydrogen-bond acceptors (Lipinski definition) is 3. The van der Waals surface area contributed by atoms with Crippen LogP contribution in [0.5, 0.6) is 0 Å². The third kappa shape index (κ3) is 2.98. The van der Waals surface area contributed by atoms with E-state index < -0.39 is 0 Å². The smallest absolute Gasteiger partial charge is 0.139 e. The Morgan fingerprint density at radius 3 is 2.95 bits per heavy atom. The van der Waals surface area contributed by atoms with E-state index in [2.05, 4.69) is 25.9 Å². The van der Waals surface area contributed by atoms with Crippen molar-refractivity contribution >= 4 is 49.9 Å². The van der Waals surface area contributed by atoms with Crippen LogP contribution in [0.15, 0.2) is 28.2 Å².